The van der Waals surface area contributed by atoms with E-state index in [1.807, 2.05) is 0 Å². The van der Waals surface area contributed by atoms with E-state index in [0.717, 1.165) is 6.07 Å². The Hall–Kier alpha value is -3.02. The van der Waals surface area contributed by atoms with Gasteiger partial charge in [0.05, 0.1) is 11.3 Å². The summed E-state index contributed by atoms with van der Waals surface area (Å²) >= 11 is 0. The Balaban J connectivity index is 2.27. The van der Waals surface area contributed by atoms with Crippen LogP contribution in [0.4, 0.5) is 5.69 Å². The molecule has 0 saturated carbocycles. The summed E-state index contributed by atoms with van der Waals surface area (Å²) in [5.74, 6) is -2.05. The molecule has 102 valence electrons. The van der Waals surface area contributed by atoms with Crippen LogP contribution in [0.2, 0.25) is 0 Å². The van der Waals surface area contributed by atoms with Crippen molar-refractivity contribution in [3.63, 3.8) is 0 Å². The monoisotopic (exact) mass is 273 g/mol. The molecule has 0 fully saturated rings. The molecule has 20 heavy (non-hydrogen) atoms. The highest BCUT2D eigenvalue weighted by Crippen LogP contribution is 2.25. The number of nitrogens with one attached hydrogen (secondary N) is 1. The van der Waals surface area contributed by atoms with Gasteiger partial charge in [-0.2, -0.15) is 0 Å². The van der Waals surface area contributed by atoms with Gasteiger partial charge < -0.3 is 20.6 Å². The zero-order chi connectivity index (χ0) is 14.7. The molecule has 2 aromatic carbocycles. The predicted molar refractivity (Wildman–Crippen MR) is 71.1 cm³/mol. The van der Waals surface area contributed by atoms with Crippen molar-refractivity contribution in [2.24, 2.45) is 0 Å². The molecule has 0 atom stereocenters. The number of carbonyl (C=O) groups excluding carboxylic acids is 1. The van der Waals surface area contributed by atoms with Gasteiger partial charge in [0.1, 0.15) is 11.5 Å². The maximum Gasteiger partial charge on any atom is 0.335 e. The number of rotatable bonds is 3. The molecule has 0 aliphatic heterocycles. The Labute approximate surface area is 113 Å². The predicted octanol–water partition coefficient (Wildman–Crippen LogP) is 2.05. The third-order valence-corrected chi connectivity index (χ3v) is 2.60. The van der Waals surface area contributed by atoms with Crippen LogP contribution >= 0.6 is 0 Å². The van der Waals surface area contributed by atoms with Gasteiger partial charge in [-0.3, -0.25) is 4.79 Å². The largest absolute Gasteiger partial charge is 0.508 e. The number of benzene rings is 2. The summed E-state index contributed by atoms with van der Waals surface area (Å²) in [6.45, 7) is 0. The molecule has 2 aromatic rings. The molecule has 0 saturated heterocycles. The van der Waals surface area contributed by atoms with Crippen molar-refractivity contribution in [2.75, 3.05) is 5.32 Å². The van der Waals surface area contributed by atoms with Gasteiger partial charge in [0.15, 0.2) is 0 Å². The van der Waals surface area contributed by atoms with Gasteiger partial charge in [-0.15, -0.1) is 0 Å². The zero-order valence-electron chi connectivity index (χ0n) is 10.2. The van der Waals surface area contributed by atoms with E-state index in [0.29, 0.717) is 0 Å². The number of anilines is 1. The van der Waals surface area contributed by atoms with E-state index >= 15 is 0 Å². The second-order valence-corrected chi connectivity index (χ2v) is 4.04. The van der Waals surface area contributed by atoms with Gasteiger partial charge in [0.2, 0.25) is 0 Å². The number of amides is 1. The number of carbonyl (C=O) groups is 2. The lowest BCUT2D eigenvalue weighted by Crippen LogP contribution is -2.12. The van der Waals surface area contributed by atoms with Gasteiger partial charge in [-0.1, -0.05) is 6.07 Å². The molecule has 1 amide bonds. The average molecular weight is 273 g/mol. The molecule has 6 nitrogen and oxygen atoms in total. The van der Waals surface area contributed by atoms with Crippen LogP contribution in [0.3, 0.4) is 0 Å². The molecule has 2 rings (SSSR count). The molecule has 6 heteroatoms. The van der Waals surface area contributed by atoms with Gasteiger partial charge in [-0.25, -0.2) is 4.79 Å². The van der Waals surface area contributed by atoms with Crippen LogP contribution in [0.5, 0.6) is 11.5 Å². The molecule has 4 N–H and O–H groups in total. The van der Waals surface area contributed by atoms with Gasteiger partial charge in [0, 0.05) is 5.56 Å². The molecule has 0 aliphatic rings. The van der Waals surface area contributed by atoms with Crippen molar-refractivity contribution >= 4 is 17.6 Å². The number of carboxylic acid groups (broad SMARTS) is 1. The van der Waals surface area contributed by atoms with Gasteiger partial charge >= 0.3 is 5.97 Å². The molecule has 0 unspecified atom stereocenters. The summed E-state index contributed by atoms with van der Waals surface area (Å²) in [6.07, 6.45) is 0. The number of phenols is 2. The molecule has 0 aromatic heterocycles. The molecule has 0 aliphatic carbocycles. The Kier molecular flexibility index (Phi) is 3.56. The number of phenolic OH excluding ortho intramolecular Hbond substituents is 2. The van der Waals surface area contributed by atoms with E-state index < -0.39 is 11.9 Å². The molecule has 0 bridgehead atoms. The van der Waals surface area contributed by atoms with Gasteiger partial charge in [0.25, 0.3) is 5.91 Å². The highest BCUT2D eigenvalue weighted by atomic mass is 16.4. The highest BCUT2D eigenvalue weighted by molar-refractivity contribution is 6.05. The van der Waals surface area contributed by atoms with Crippen LogP contribution < -0.4 is 5.32 Å². The Morgan fingerprint density at radius 1 is 0.950 bits per heavy atom. The fourth-order valence-electron chi connectivity index (χ4n) is 1.61. The number of hydrogen-bond acceptors (Lipinski definition) is 4. The van der Waals surface area contributed by atoms with Crippen molar-refractivity contribution in [2.45, 2.75) is 0 Å². The normalized spacial score (nSPS) is 10.0. The van der Waals surface area contributed by atoms with E-state index in [4.69, 9.17) is 5.11 Å². The Bertz CT molecular complexity index is 681. The van der Waals surface area contributed by atoms with Crippen molar-refractivity contribution in [3.05, 3.63) is 53.6 Å². The molecule has 0 radical (unpaired) electrons. The van der Waals surface area contributed by atoms with Crippen LogP contribution in [0.15, 0.2) is 42.5 Å². The number of aromatic carboxylic acids is 1. The topological polar surface area (TPSA) is 107 Å². The second-order valence-electron chi connectivity index (χ2n) is 4.04. The first-order valence-corrected chi connectivity index (χ1v) is 5.64. The lowest BCUT2D eigenvalue weighted by molar-refractivity contribution is 0.0696. The quantitative estimate of drug-likeness (QED) is 0.640. The van der Waals surface area contributed by atoms with Crippen molar-refractivity contribution in [1.82, 2.24) is 0 Å². The van der Waals surface area contributed by atoms with Crippen LogP contribution in [-0.4, -0.2) is 27.2 Å². The maximum atomic E-state index is 11.9. The van der Waals surface area contributed by atoms with E-state index in [1.165, 1.54) is 36.4 Å². The van der Waals surface area contributed by atoms with Crippen LogP contribution in [0.25, 0.3) is 0 Å². The fourth-order valence-corrected chi connectivity index (χ4v) is 1.61. The molecule has 0 heterocycles. The van der Waals surface area contributed by atoms with E-state index in [1.54, 1.807) is 0 Å². The second kappa shape index (κ2) is 5.31. The lowest BCUT2D eigenvalue weighted by atomic mass is 10.1. The number of carboxylic acids is 1. The third kappa shape index (κ3) is 2.86. The molecular weight excluding hydrogens is 262 g/mol. The summed E-state index contributed by atoms with van der Waals surface area (Å²) in [7, 11) is 0. The summed E-state index contributed by atoms with van der Waals surface area (Å²) < 4.78 is 0. The van der Waals surface area contributed by atoms with Gasteiger partial charge in [-0.05, 0) is 36.4 Å². The van der Waals surface area contributed by atoms with Crippen LogP contribution in [0, 0.1) is 0 Å². The Morgan fingerprint density at radius 3 is 2.35 bits per heavy atom. The van der Waals surface area contributed by atoms with Crippen molar-refractivity contribution in [3.8, 4) is 11.5 Å². The highest BCUT2D eigenvalue weighted by Gasteiger charge is 2.12. The minimum absolute atomic E-state index is 0.0155. The Morgan fingerprint density at radius 2 is 1.70 bits per heavy atom. The lowest BCUT2D eigenvalue weighted by Gasteiger charge is -2.08. The zero-order valence-corrected chi connectivity index (χ0v) is 10.2. The first kappa shape index (κ1) is 13.4. The summed E-state index contributed by atoms with van der Waals surface area (Å²) in [4.78, 5) is 22.8. The first-order chi connectivity index (χ1) is 9.47. The smallest absolute Gasteiger partial charge is 0.335 e. The number of aromatic hydroxyl groups is 2. The van der Waals surface area contributed by atoms with Crippen LogP contribution in [-0.2, 0) is 0 Å². The van der Waals surface area contributed by atoms with E-state index in [9.17, 15) is 19.8 Å². The standard InChI is InChI=1S/C14H11NO5/c16-10-3-1-2-8(6-10)13(18)15-11-7-9(14(19)20)4-5-12(11)17/h1-7,16-17H,(H,15,18)(H,19,20). The maximum absolute atomic E-state index is 11.9. The minimum Gasteiger partial charge on any atom is -0.508 e. The first-order valence-electron chi connectivity index (χ1n) is 5.64. The number of hydrogen-bond donors (Lipinski definition) is 4. The molecular formula is C14H11NO5. The average Bonchev–Trinajstić information content (AvgIpc) is 2.41. The summed E-state index contributed by atoms with van der Waals surface area (Å²) in [6, 6.07) is 9.21. The fraction of sp³-hybridized carbons (Fsp3) is 0. The van der Waals surface area contributed by atoms with Crippen LogP contribution in [0.1, 0.15) is 20.7 Å². The van der Waals surface area contributed by atoms with Crippen molar-refractivity contribution in [1.29, 1.82) is 0 Å². The van der Waals surface area contributed by atoms with E-state index in [2.05, 4.69) is 5.32 Å². The minimum atomic E-state index is -1.17. The van der Waals surface area contributed by atoms with Crippen molar-refractivity contribution < 1.29 is 24.9 Å². The van der Waals surface area contributed by atoms with E-state index in [-0.39, 0.29) is 28.3 Å². The SMILES string of the molecule is O=C(O)c1ccc(O)c(NC(=O)c2cccc(O)c2)c1. The summed E-state index contributed by atoms with van der Waals surface area (Å²) in [5.41, 5.74) is 0.109. The molecule has 0 spiro atoms. The third-order valence-electron chi connectivity index (χ3n) is 2.60. The summed E-state index contributed by atoms with van der Waals surface area (Å²) in [5, 5.41) is 30.1.